The summed E-state index contributed by atoms with van der Waals surface area (Å²) in [7, 11) is 1.30. The van der Waals surface area contributed by atoms with Crippen LogP contribution in [0.5, 0.6) is 5.75 Å². The smallest absolute Gasteiger partial charge is 0.337 e. The molecule has 0 aliphatic carbocycles. The molecule has 0 radical (unpaired) electrons. The molecule has 1 heterocycles. The molecule has 0 bridgehead atoms. The van der Waals surface area contributed by atoms with Crippen molar-refractivity contribution >= 4 is 17.6 Å². The van der Waals surface area contributed by atoms with Crippen LogP contribution in [0.15, 0.2) is 42.5 Å². The van der Waals surface area contributed by atoms with Crippen molar-refractivity contribution in [2.45, 2.75) is 30.7 Å². The van der Waals surface area contributed by atoms with Crippen LogP contribution in [0.2, 0.25) is 5.02 Å². The molecular weight excluding hydrogens is 404 g/mol. The van der Waals surface area contributed by atoms with Gasteiger partial charge in [0.05, 0.1) is 24.3 Å². The van der Waals surface area contributed by atoms with Crippen LogP contribution >= 0.6 is 11.6 Å². The zero-order valence-corrected chi connectivity index (χ0v) is 16.2. The van der Waals surface area contributed by atoms with Gasteiger partial charge in [-0.05, 0) is 35.4 Å². The van der Waals surface area contributed by atoms with Crippen molar-refractivity contribution in [3.05, 3.63) is 53.1 Å². The Morgan fingerprint density at radius 3 is 2.31 bits per heavy atom. The van der Waals surface area contributed by atoms with Crippen LogP contribution in [0, 0.1) is 0 Å². The van der Waals surface area contributed by atoms with Gasteiger partial charge in [-0.3, -0.25) is 0 Å². The average Bonchev–Trinajstić information content (AvgIpc) is 2.75. The van der Waals surface area contributed by atoms with Gasteiger partial charge in [-0.25, -0.2) is 4.79 Å². The number of aliphatic hydroxyl groups is 4. The summed E-state index contributed by atoms with van der Waals surface area (Å²) in [6, 6.07) is 11.6. The molecule has 2 unspecified atom stereocenters. The van der Waals surface area contributed by atoms with Crippen LogP contribution in [0.4, 0.5) is 0 Å². The zero-order chi connectivity index (χ0) is 21.1. The highest BCUT2D eigenvalue weighted by atomic mass is 35.5. The minimum Gasteiger partial charge on any atom is -0.465 e. The van der Waals surface area contributed by atoms with E-state index < -0.39 is 43.3 Å². The van der Waals surface area contributed by atoms with Crippen molar-refractivity contribution < 1.29 is 39.4 Å². The van der Waals surface area contributed by atoms with E-state index in [4.69, 9.17) is 21.1 Å². The molecule has 0 spiro atoms. The van der Waals surface area contributed by atoms with E-state index in [1.54, 1.807) is 42.5 Å². The van der Waals surface area contributed by atoms with E-state index in [1.165, 1.54) is 7.11 Å². The lowest BCUT2D eigenvalue weighted by molar-refractivity contribution is -0.277. The third-order valence-corrected chi connectivity index (χ3v) is 4.97. The second kappa shape index (κ2) is 9.08. The molecule has 9 heteroatoms. The Hall–Kier alpha value is -2.20. The van der Waals surface area contributed by atoms with E-state index in [9.17, 15) is 25.2 Å². The maximum absolute atomic E-state index is 11.6. The Balaban J connectivity index is 1.83. The Morgan fingerprint density at radius 1 is 1.03 bits per heavy atom. The molecule has 4 N–H and O–H groups in total. The lowest BCUT2D eigenvalue weighted by atomic mass is 9.99. The minimum absolute atomic E-state index is 0.172. The highest BCUT2D eigenvalue weighted by Gasteiger charge is 2.44. The highest BCUT2D eigenvalue weighted by Crippen LogP contribution is 2.33. The molecule has 5 atom stereocenters. The van der Waals surface area contributed by atoms with E-state index in [2.05, 4.69) is 4.74 Å². The molecule has 1 fully saturated rings. The number of ether oxygens (including phenoxy) is 3. The summed E-state index contributed by atoms with van der Waals surface area (Å²) in [4.78, 5) is 11.6. The third kappa shape index (κ3) is 4.53. The number of carbonyl (C=O) groups excluding carboxylic acids is 1. The number of esters is 1. The van der Waals surface area contributed by atoms with Gasteiger partial charge in [0.15, 0.2) is 0 Å². The summed E-state index contributed by atoms with van der Waals surface area (Å²) in [6.07, 6.45) is -7.03. The predicted molar refractivity (Wildman–Crippen MR) is 103 cm³/mol. The van der Waals surface area contributed by atoms with E-state index >= 15 is 0 Å². The molecule has 156 valence electrons. The number of methoxy groups -OCH3 is 1. The normalized spacial score (nSPS) is 26.8. The predicted octanol–water partition coefficient (Wildman–Crippen LogP) is 0.972. The number of benzene rings is 2. The summed E-state index contributed by atoms with van der Waals surface area (Å²) < 4.78 is 15.7. The summed E-state index contributed by atoms with van der Waals surface area (Å²) in [5.41, 5.74) is 1.89. The Bertz CT molecular complexity index is 854. The van der Waals surface area contributed by atoms with Crippen LogP contribution in [0.1, 0.15) is 10.4 Å². The first-order valence-electron chi connectivity index (χ1n) is 8.81. The van der Waals surface area contributed by atoms with E-state index in [-0.39, 0.29) is 10.8 Å². The van der Waals surface area contributed by atoms with Crippen molar-refractivity contribution in [3.63, 3.8) is 0 Å². The third-order valence-electron chi connectivity index (χ3n) is 4.66. The van der Waals surface area contributed by atoms with Crippen LogP contribution in [-0.2, 0) is 9.47 Å². The van der Waals surface area contributed by atoms with Crippen molar-refractivity contribution in [2.75, 3.05) is 13.7 Å². The maximum atomic E-state index is 11.6. The molecule has 1 aliphatic rings. The first-order chi connectivity index (χ1) is 13.8. The standard InChI is InChI=1S/C20H21ClO8/c1-27-19(26)11-4-2-10(3-5-11)12-6-7-13(21)14(8-12)28-20-18(25)17(24)16(23)15(9-22)29-20/h2-8,15-18,20,22-25H,9H2,1H3/t15?,16-,17?,18-,20+/m1/s1. The Morgan fingerprint density at radius 2 is 1.69 bits per heavy atom. The Kier molecular flexibility index (Phi) is 6.74. The molecule has 2 aromatic rings. The van der Waals surface area contributed by atoms with Gasteiger partial charge < -0.3 is 34.6 Å². The van der Waals surface area contributed by atoms with Crippen LogP contribution in [0.3, 0.4) is 0 Å². The number of aliphatic hydroxyl groups excluding tert-OH is 4. The SMILES string of the molecule is COC(=O)c1ccc(-c2ccc(Cl)c(O[C@H]3OC(CO)[C@@H](O)C(O)[C@H]3O)c2)cc1. The second-order valence-corrected chi connectivity index (χ2v) is 6.94. The molecule has 2 aromatic carbocycles. The van der Waals surface area contributed by atoms with Crippen LogP contribution < -0.4 is 4.74 Å². The number of halogens is 1. The number of hydrogen-bond acceptors (Lipinski definition) is 8. The van der Waals surface area contributed by atoms with Crippen LogP contribution in [0.25, 0.3) is 11.1 Å². The second-order valence-electron chi connectivity index (χ2n) is 6.53. The van der Waals surface area contributed by atoms with Gasteiger partial charge in [-0.2, -0.15) is 0 Å². The number of hydrogen-bond donors (Lipinski definition) is 4. The number of carbonyl (C=O) groups is 1. The zero-order valence-electron chi connectivity index (χ0n) is 15.4. The molecule has 0 saturated carbocycles. The monoisotopic (exact) mass is 424 g/mol. The topological polar surface area (TPSA) is 126 Å². The van der Waals surface area contributed by atoms with Gasteiger partial charge in [0, 0.05) is 0 Å². The van der Waals surface area contributed by atoms with Crippen molar-refractivity contribution in [2.24, 2.45) is 0 Å². The molecule has 1 aliphatic heterocycles. The van der Waals surface area contributed by atoms with Crippen LogP contribution in [-0.4, -0.2) is 70.8 Å². The first kappa shape index (κ1) is 21.5. The lowest BCUT2D eigenvalue weighted by Gasteiger charge is -2.39. The van der Waals surface area contributed by atoms with Gasteiger partial charge in [0.2, 0.25) is 6.29 Å². The van der Waals surface area contributed by atoms with Gasteiger partial charge in [0.25, 0.3) is 0 Å². The van der Waals surface area contributed by atoms with Crippen molar-refractivity contribution in [3.8, 4) is 16.9 Å². The fourth-order valence-electron chi connectivity index (χ4n) is 2.98. The van der Waals surface area contributed by atoms with E-state index in [0.29, 0.717) is 11.1 Å². The fourth-order valence-corrected chi connectivity index (χ4v) is 3.14. The summed E-state index contributed by atoms with van der Waals surface area (Å²) in [5, 5.41) is 39.4. The summed E-state index contributed by atoms with van der Waals surface area (Å²) in [5.74, 6) is -0.273. The van der Waals surface area contributed by atoms with Gasteiger partial charge in [-0.15, -0.1) is 0 Å². The van der Waals surface area contributed by atoms with Crippen molar-refractivity contribution in [1.29, 1.82) is 0 Å². The number of rotatable bonds is 5. The molecule has 0 amide bonds. The molecule has 3 rings (SSSR count). The summed E-state index contributed by atoms with van der Waals surface area (Å²) >= 11 is 6.19. The van der Waals surface area contributed by atoms with Gasteiger partial charge in [-0.1, -0.05) is 29.8 Å². The minimum atomic E-state index is -1.56. The maximum Gasteiger partial charge on any atom is 0.337 e. The fraction of sp³-hybridized carbons (Fsp3) is 0.350. The van der Waals surface area contributed by atoms with Gasteiger partial charge in [0.1, 0.15) is 30.2 Å². The lowest BCUT2D eigenvalue weighted by Crippen LogP contribution is -2.60. The molecule has 0 aromatic heterocycles. The van der Waals surface area contributed by atoms with Crippen molar-refractivity contribution in [1.82, 2.24) is 0 Å². The van der Waals surface area contributed by atoms with E-state index in [0.717, 1.165) is 5.56 Å². The molecule has 8 nitrogen and oxygen atoms in total. The van der Waals surface area contributed by atoms with Gasteiger partial charge >= 0.3 is 5.97 Å². The van der Waals surface area contributed by atoms with E-state index in [1.807, 2.05) is 0 Å². The first-order valence-corrected chi connectivity index (χ1v) is 9.19. The molecule has 29 heavy (non-hydrogen) atoms. The quantitative estimate of drug-likeness (QED) is 0.523. The molecule has 1 saturated heterocycles. The molecular formula is C20H21ClO8. The largest absolute Gasteiger partial charge is 0.465 e. The average molecular weight is 425 g/mol. The summed E-state index contributed by atoms with van der Waals surface area (Å²) in [6.45, 7) is -0.564. The Labute approximate surface area is 171 Å². The highest BCUT2D eigenvalue weighted by molar-refractivity contribution is 6.32.